The highest BCUT2D eigenvalue weighted by molar-refractivity contribution is 8.00. The van der Waals surface area contributed by atoms with E-state index in [2.05, 4.69) is 23.5 Å². The topological polar surface area (TPSA) is 72.2 Å². The van der Waals surface area contributed by atoms with Gasteiger partial charge in [0.2, 0.25) is 5.91 Å². The summed E-state index contributed by atoms with van der Waals surface area (Å²) >= 11 is 1.37. The van der Waals surface area contributed by atoms with Crippen LogP contribution in [0.25, 0.3) is 0 Å². The van der Waals surface area contributed by atoms with Gasteiger partial charge in [0, 0.05) is 17.0 Å². The second-order valence-corrected chi connectivity index (χ2v) is 7.61. The Labute approximate surface area is 157 Å². The number of amides is 1. The molecule has 26 heavy (non-hydrogen) atoms. The molecule has 2 aromatic carbocycles. The molecule has 0 fully saturated rings. The summed E-state index contributed by atoms with van der Waals surface area (Å²) in [7, 11) is 0. The van der Waals surface area contributed by atoms with Gasteiger partial charge < -0.3 is 5.32 Å². The van der Waals surface area contributed by atoms with Gasteiger partial charge in [-0.25, -0.2) is 0 Å². The van der Waals surface area contributed by atoms with E-state index in [1.807, 2.05) is 6.92 Å². The first-order chi connectivity index (χ1) is 12.5. The van der Waals surface area contributed by atoms with E-state index in [1.54, 1.807) is 12.1 Å². The van der Waals surface area contributed by atoms with Crippen LogP contribution in [0.1, 0.15) is 42.5 Å². The zero-order chi connectivity index (χ0) is 18.5. The van der Waals surface area contributed by atoms with Gasteiger partial charge in [-0.05, 0) is 61.4 Å². The summed E-state index contributed by atoms with van der Waals surface area (Å²) in [6.45, 7) is 2.00. The van der Waals surface area contributed by atoms with E-state index in [0.29, 0.717) is 0 Å². The van der Waals surface area contributed by atoms with Crippen LogP contribution in [-0.4, -0.2) is 16.6 Å². The first kappa shape index (κ1) is 18.5. The summed E-state index contributed by atoms with van der Waals surface area (Å²) in [4.78, 5) is 23.3. The Morgan fingerprint density at radius 2 is 1.85 bits per heavy atom. The van der Waals surface area contributed by atoms with E-state index in [1.165, 1.54) is 47.9 Å². The summed E-state index contributed by atoms with van der Waals surface area (Å²) in [5, 5.41) is 13.7. The second kappa shape index (κ2) is 8.36. The van der Waals surface area contributed by atoms with Crippen LogP contribution in [0, 0.1) is 10.1 Å². The summed E-state index contributed by atoms with van der Waals surface area (Å²) in [6.07, 6.45) is 4.78. The Morgan fingerprint density at radius 3 is 2.54 bits per heavy atom. The lowest BCUT2D eigenvalue weighted by Gasteiger charge is -2.20. The maximum absolute atomic E-state index is 12.2. The van der Waals surface area contributed by atoms with Gasteiger partial charge in [0.15, 0.2) is 0 Å². The lowest BCUT2D eigenvalue weighted by atomic mass is 9.89. The molecule has 136 valence electrons. The number of nitrogens with one attached hydrogen (secondary N) is 1. The van der Waals surface area contributed by atoms with Gasteiger partial charge in [-0.2, -0.15) is 0 Å². The minimum atomic E-state index is -0.429. The van der Waals surface area contributed by atoms with Crippen LogP contribution >= 0.6 is 11.8 Å². The fraction of sp³-hybridized carbons (Fsp3) is 0.350. The third-order valence-electron chi connectivity index (χ3n) is 4.67. The molecule has 1 aliphatic carbocycles. The first-order valence-electron chi connectivity index (χ1n) is 8.81. The van der Waals surface area contributed by atoms with Gasteiger partial charge >= 0.3 is 0 Å². The van der Waals surface area contributed by atoms with Gasteiger partial charge in [0.05, 0.1) is 16.7 Å². The van der Waals surface area contributed by atoms with E-state index >= 15 is 0 Å². The normalized spacial score (nSPS) is 14.3. The molecule has 3 rings (SSSR count). The number of thioether (sulfide) groups is 1. The van der Waals surface area contributed by atoms with E-state index < -0.39 is 4.92 Å². The number of benzene rings is 2. The second-order valence-electron chi connectivity index (χ2n) is 6.56. The molecule has 6 heteroatoms. The minimum Gasteiger partial charge on any atom is -0.349 e. The van der Waals surface area contributed by atoms with Crippen molar-refractivity contribution in [3.05, 3.63) is 69.3 Å². The predicted molar refractivity (Wildman–Crippen MR) is 103 cm³/mol. The van der Waals surface area contributed by atoms with Crippen LogP contribution in [-0.2, 0) is 17.6 Å². The Morgan fingerprint density at radius 1 is 1.15 bits per heavy atom. The molecular weight excluding hydrogens is 348 g/mol. The minimum absolute atomic E-state index is 0.0350. The first-order valence-corrected chi connectivity index (χ1v) is 9.80. The maximum Gasteiger partial charge on any atom is 0.269 e. The van der Waals surface area contributed by atoms with Crippen molar-refractivity contribution in [2.45, 2.75) is 43.5 Å². The fourth-order valence-electron chi connectivity index (χ4n) is 3.20. The van der Waals surface area contributed by atoms with Crippen molar-refractivity contribution in [3.63, 3.8) is 0 Å². The van der Waals surface area contributed by atoms with Crippen LogP contribution in [0.5, 0.6) is 0 Å². The highest BCUT2D eigenvalue weighted by atomic mass is 32.2. The van der Waals surface area contributed by atoms with E-state index in [9.17, 15) is 14.9 Å². The lowest BCUT2D eigenvalue weighted by molar-refractivity contribution is -0.384. The number of carbonyl (C=O) groups is 1. The molecule has 0 heterocycles. The Hall–Kier alpha value is -2.34. The standard InChI is InChI=1S/C20H22N2O3S/c1-14(16-7-6-15-4-2-3-5-17(15)12-16)21-20(23)13-26-19-10-8-18(9-11-19)22(24)25/h6-12,14H,2-5,13H2,1H3,(H,21,23)/t14-/m0/s1. The average Bonchev–Trinajstić information content (AvgIpc) is 2.66. The zero-order valence-corrected chi connectivity index (χ0v) is 15.6. The predicted octanol–water partition coefficient (Wildman–Crippen LogP) is 4.44. The summed E-state index contributed by atoms with van der Waals surface area (Å²) < 4.78 is 0. The number of non-ortho nitro benzene ring substituents is 1. The Balaban J connectivity index is 1.53. The van der Waals surface area contributed by atoms with Gasteiger partial charge in [-0.15, -0.1) is 11.8 Å². The molecule has 0 bridgehead atoms. The molecule has 0 saturated carbocycles. The summed E-state index contributed by atoms with van der Waals surface area (Å²) in [5.74, 6) is 0.242. The third kappa shape index (κ3) is 4.64. The Bertz CT molecular complexity index is 805. The molecule has 5 nitrogen and oxygen atoms in total. The van der Waals surface area contributed by atoms with Crippen LogP contribution in [0.3, 0.4) is 0 Å². The monoisotopic (exact) mass is 370 g/mol. The molecule has 0 radical (unpaired) electrons. The molecule has 0 aliphatic heterocycles. The lowest BCUT2D eigenvalue weighted by Crippen LogP contribution is -2.28. The largest absolute Gasteiger partial charge is 0.349 e. The van der Waals surface area contributed by atoms with Crippen molar-refractivity contribution in [2.24, 2.45) is 0 Å². The number of carbonyl (C=O) groups excluding carboxylic acids is 1. The van der Waals surface area contributed by atoms with Gasteiger partial charge in [-0.3, -0.25) is 14.9 Å². The quantitative estimate of drug-likeness (QED) is 0.463. The number of fused-ring (bicyclic) bond motifs is 1. The van der Waals surface area contributed by atoms with E-state index in [0.717, 1.165) is 23.3 Å². The number of hydrogen-bond acceptors (Lipinski definition) is 4. The smallest absolute Gasteiger partial charge is 0.269 e. The number of nitrogens with zero attached hydrogens (tertiary/aromatic N) is 1. The highest BCUT2D eigenvalue weighted by Crippen LogP contribution is 2.25. The third-order valence-corrected chi connectivity index (χ3v) is 5.68. The van der Waals surface area contributed by atoms with Crippen molar-refractivity contribution in [1.29, 1.82) is 0 Å². The molecule has 2 aromatic rings. The summed E-state index contributed by atoms with van der Waals surface area (Å²) in [6, 6.07) is 12.7. The number of nitro benzene ring substituents is 1. The number of rotatable bonds is 6. The molecule has 0 unspecified atom stereocenters. The van der Waals surface area contributed by atoms with Crippen molar-refractivity contribution in [2.75, 3.05) is 5.75 Å². The van der Waals surface area contributed by atoms with Crippen molar-refractivity contribution in [1.82, 2.24) is 5.32 Å². The molecule has 0 saturated heterocycles. The van der Waals surface area contributed by atoms with Crippen LogP contribution < -0.4 is 5.32 Å². The van der Waals surface area contributed by atoms with Crippen LogP contribution in [0.2, 0.25) is 0 Å². The molecule has 0 aromatic heterocycles. The van der Waals surface area contributed by atoms with Crippen molar-refractivity contribution >= 4 is 23.4 Å². The molecule has 1 atom stereocenters. The van der Waals surface area contributed by atoms with Crippen LogP contribution in [0.15, 0.2) is 47.4 Å². The van der Waals surface area contributed by atoms with E-state index in [4.69, 9.17) is 0 Å². The SMILES string of the molecule is C[C@H](NC(=O)CSc1ccc([N+](=O)[O-])cc1)c1ccc2c(c1)CCCC2. The van der Waals surface area contributed by atoms with Crippen molar-refractivity contribution < 1.29 is 9.72 Å². The maximum atomic E-state index is 12.2. The number of nitro groups is 1. The van der Waals surface area contributed by atoms with Gasteiger partial charge in [-0.1, -0.05) is 18.2 Å². The van der Waals surface area contributed by atoms with Crippen molar-refractivity contribution in [3.8, 4) is 0 Å². The highest BCUT2D eigenvalue weighted by Gasteiger charge is 2.14. The molecule has 1 aliphatic rings. The van der Waals surface area contributed by atoms with Gasteiger partial charge in [0.1, 0.15) is 0 Å². The molecule has 1 N–H and O–H groups in total. The summed E-state index contributed by atoms with van der Waals surface area (Å²) in [5.41, 5.74) is 4.04. The van der Waals surface area contributed by atoms with E-state index in [-0.39, 0.29) is 23.4 Å². The zero-order valence-electron chi connectivity index (χ0n) is 14.7. The Kier molecular flexibility index (Phi) is 5.93. The fourth-order valence-corrected chi connectivity index (χ4v) is 3.91. The number of hydrogen-bond donors (Lipinski definition) is 1. The van der Waals surface area contributed by atoms with Crippen LogP contribution in [0.4, 0.5) is 5.69 Å². The molecule has 1 amide bonds. The number of aryl methyl sites for hydroxylation is 2. The molecular formula is C20H22N2O3S. The average molecular weight is 370 g/mol. The molecule has 0 spiro atoms. The van der Waals surface area contributed by atoms with Gasteiger partial charge in [0.25, 0.3) is 5.69 Å².